The molecule has 0 spiro atoms. The molecule has 1 N–H and O–H groups in total. The Morgan fingerprint density at radius 1 is 1.16 bits per heavy atom. The van der Waals surface area contributed by atoms with E-state index in [4.69, 9.17) is 16.6 Å². The standard InChI is InChI=1S/C23H28ClN7O/c1-28-10-6-17-4-8-27-22(21(17)28)31(19-3-2-7-25-16-19)23(32)30-13-11-29(12-14-30)20-15-18(24)5-9-26-20/h4-6,8-10,15,19,25H,2-3,7,11-14,16H2,1H3/t19-/m1/s1. The summed E-state index contributed by atoms with van der Waals surface area (Å²) in [6.07, 6.45) is 7.56. The first-order valence-electron chi connectivity index (χ1n) is 11.2. The predicted octanol–water partition coefficient (Wildman–Crippen LogP) is 3.12. The van der Waals surface area contributed by atoms with Crippen molar-refractivity contribution in [2.24, 2.45) is 7.05 Å². The van der Waals surface area contributed by atoms with Crippen molar-refractivity contribution in [3.8, 4) is 0 Å². The number of carbonyl (C=O) groups excluding carboxylic acids is 1. The molecule has 0 bridgehead atoms. The van der Waals surface area contributed by atoms with E-state index in [9.17, 15) is 4.79 Å². The van der Waals surface area contributed by atoms with E-state index in [1.165, 1.54) is 0 Å². The highest BCUT2D eigenvalue weighted by molar-refractivity contribution is 6.30. The quantitative estimate of drug-likeness (QED) is 0.659. The van der Waals surface area contributed by atoms with Crippen molar-refractivity contribution < 1.29 is 4.79 Å². The number of pyridine rings is 2. The van der Waals surface area contributed by atoms with Gasteiger partial charge in [0.1, 0.15) is 5.82 Å². The third kappa shape index (κ3) is 4.00. The lowest BCUT2D eigenvalue weighted by atomic mass is 10.1. The number of fused-ring (bicyclic) bond motifs is 1. The lowest BCUT2D eigenvalue weighted by Gasteiger charge is -2.41. The lowest BCUT2D eigenvalue weighted by Crippen LogP contribution is -2.58. The molecule has 2 aliphatic heterocycles. The van der Waals surface area contributed by atoms with Gasteiger partial charge in [0.25, 0.3) is 0 Å². The Bertz CT molecular complexity index is 1100. The lowest BCUT2D eigenvalue weighted by molar-refractivity contribution is 0.196. The highest BCUT2D eigenvalue weighted by Crippen LogP contribution is 2.29. The van der Waals surface area contributed by atoms with Gasteiger partial charge < -0.3 is 19.7 Å². The fourth-order valence-electron chi connectivity index (χ4n) is 4.72. The highest BCUT2D eigenvalue weighted by atomic mass is 35.5. The molecule has 0 radical (unpaired) electrons. The van der Waals surface area contributed by atoms with E-state index in [1.54, 1.807) is 18.5 Å². The third-order valence-electron chi connectivity index (χ3n) is 6.42. The van der Waals surface area contributed by atoms with Crippen LogP contribution in [0.5, 0.6) is 0 Å². The maximum Gasteiger partial charge on any atom is 0.326 e. The molecule has 32 heavy (non-hydrogen) atoms. The normalized spacial score (nSPS) is 19.4. The molecule has 9 heteroatoms. The number of carbonyl (C=O) groups is 1. The van der Waals surface area contributed by atoms with Gasteiger partial charge in [0.05, 0.1) is 11.6 Å². The molecular weight excluding hydrogens is 426 g/mol. The summed E-state index contributed by atoms with van der Waals surface area (Å²) in [6.45, 7) is 4.47. The van der Waals surface area contributed by atoms with E-state index >= 15 is 0 Å². The fraction of sp³-hybridized carbons (Fsp3) is 0.435. The van der Waals surface area contributed by atoms with Gasteiger partial charge in [0.2, 0.25) is 0 Å². The maximum atomic E-state index is 13.9. The zero-order valence-corrected chi connectivity index (χ0v) is 19.0. The number of hydrogen-bond acceptors (Lipinski definition) is 5. The minimum absolute atomic E-state index is 0.0265. The number of urea groups is 1. The largest absolute Gasteiger partial charge is 0.353 e. The van der Waals surface area contributed by atoms with Crippen molar-refractivity contribution in [3.05, 3.63) is 47.9 Å². The van der Waals surface area contributed by atoms with Crippen LogP contribution in [-0.2, 0) is 7.05 Å². The van der Waals surface area contributed by atoms with Gasteiger partial charge in [-0.2, -0.15) is 0 Å². The third-order valence-corrected chi connectivity index (χ3v) is 6.65. The molecular formula is C23H28ClN7O. The van der Waals surface area contributed by atoms with Crippen LogP contribution in [-0.4, -0.2) is 70.8 Å². The summed E-state index contributed by atoms with van der Waals surface area (Å²) in [4.78, 5) is 29.1. The van der Waals surface area contributed by atoms with Crippen LogP contribution in [0.3, 0.4) is 0 Å². The van der Waals surface area contributed by atoms with E-state index < -0.39 is 0 Å². The average Bonchev–Trinajstić information content (AvgIpc) is 3.21. The number of rotatable bonds is 3. The van der Waals surface area contributed by atoms with E-state index in [2.05, 4.69) is 25.8 Å². The number of amides is 2. The number of aromatic nitrogens is 3. The molecule has 1 atom stereocenters. The molecule has 0 saturated carbocycles. The van der Waals surface area contributed by atoms with Crippen molar-refractivity contribution >= 4 is 40.2 Å². The van der Waals surface area contributed by atoms with Gasteiger partial charge in [0, 0.05) is 68.8 Å². The Labute approximate surface area is 192 Å². The Morgan fingerprint density at radius 3 is 2.72 bits per heavy atom. The Hall–Kier alpha value is -2.84. The summed E-state index contributed by atoms with van der Waals surface area (Å²) in [7, 11) is 2.01. The number of piperazine rings is 1. The minimum atomic E-state index is 0.0265. The van der Waals surface area contributed by atoms with Crippen molar-refractivity contribution in [2.75, 3.05) is 49.1 Å². The number of nitrogens with one attached hydrogen (secondary N) is 1. The van der Waals surface area contributed by atoms with E-state index in [0.29, 0.717) is 18.1 Å². The first-order chi connectivity index (χ1) is 15.6. The number of hydrogen-bond donors (Lipinski definition) is 1. The van der Waals surface area contributed by atoms with Crippen LogP contribution >= 0.6 is 11.6 Å². The van der Waals surface area contributed by atoms with Crippen molar-refractivity contribution in [1.29, 1.82) is 0 Å². The number of halogens is 1. The topological polar surface area (TPSA) is 69.5 Å². The molecule has 168 valence electrons. The van der Waals surface area contributed by atoms with Crippen LogP contribution in [0.1, 0.15) is 12.8 Å². The molecule has 2 saturated heterocycles. The Kier molecular flexibility index (Phi) is 5.89. The van der Waals surface area contributed by atoms with Gasteiger partial charge in [-0.1, -0.05) is 11.6 Å². The average molecular weight is 454 g/mol. The first kappa shape index (κ1) is 21.0. The fourth-order valence-corrected chi connectivity index (χ4v) is 4.87. The van der Waals surface area contributed by atoms with Gasteiger partial charge >= 0.3 is 6.03 Å². The zero-order valence-electron chi connectivity index (χ0n) is 18.2. The van der Waals surface area contributed by atoms with E-state index in [-0.39, 0.29) is 12.1 Å². The van der Waals surface area contributed by atoms with Gasteiger partial charge in [-0.25, -0.2) is 14.8 Å². The molecule has 0 unspecified atom stereocenters. The summed E-state index contributed by atoms with van der Waals surface area (Å²) < 4.78 is 2.05. The minimum Gasteiger partial charge on any atom is -0.353 e. The maximum absolute atomic E-state index is 13.9. The van der Waals surface area contributed by atoms with Crippen LogP contribution in [0.25, 0.3) is 10.9 Å². The van der Waals surface area contributed by atoms with Gasteiger partial charge in [-0.15, -0.1) is 0 Å². The second kappa shape index (κ2) is 8.96. The van der Waals surface area contributed by atoms with Gasteiger partial charge in [0.15, 0.2) is 5.82 Å². The molecule has 5 heterocycles. The molecule has 3 aromatic rings. The van der Waals surface area contributed by atoms with Gasteiger partial charge in [-0.3, -0.25) is 4.90 Å². The Morgan fingerprint density at radius 2 is 1.97 bits per heavy atom. The van der Waals surface area contributed by atoms with Crippen molar-refractivity contribution in [3.63, 3.8) is 0 Å². The number of nitrogens with zero attached hydrogens (tertiary/aromatic N) is 6. The summed E-state index contributed by atoms with van der Waals surface area (Å²) in [5.74, 6) is 1.60. The molecule has 3 aromatic heterocycles. The molecule has 0 aromatic carbocycles. The van der Waals surface area contributed by atoms with E-state index in [1.807, 2.05) is 35.2 Å². The SMILES string of the molecule is Cn1ccc2ccnc(N(C(=O)N3CCN(c4cc(Cl)ccn4)CC3)[C@@H]3CCCNC3)c21. The highest BCUT2D eigenvalue weighted by Gasteiger charge is 2.34. The zero-order chi connectivity index (χ0) is 22.1. The second-order valence-corrected chi connectivity index (χ2v) is 8.89. The van der Waals surface area contributed by atoms with Crippen LogP contribution in [0.2, 0.25) is 5.02 Å². The summed E-state index contributed by atoms with van der Waals surface area (Å²) in [5.41, 5.74) is 0.994. The van der Waals surface area contributed by atoms with Crippen LogP contribution in [0.4, 0.5) is 16.4 Å². The predicted molar refractivity (Wildman–Crippen MR) is 128 cm³/mol. The molecule has 5 rings (SSSR count). The molecule has 2 aliphatic rings. The van der Waals surface area contributed by atoms with Crippen LogP contribution in [0.15, 0.2) is 42.9 Å². The summed E-state index contributed by atoms with van der Waals surface area (Å²) in [6, 6.07) is 7.82. The van der Waals surface area contributed by atoms with Crippen LogP contribution < -0.4 is 15.1 Å². The second-order valence-electron chi connectivity index (χ2n) is 8.46. The van der Waals surface area contributed by atoms with Gasteiger partial charge in [-0.05, 0) is 43.7 Å². The van der Waals surface area contributed by atoms with Crippen molar-refractivity contribution in [2.45, 2.75) is 18.9 Å². The number of aryl methyl sites for hydroxylation is 1. The smallest absolute Gasteiger partial charge is 0.326 e. The number of anilines is 2. The Balaban J connectivity index is 1.41. The number of piperidine rings is 1. The molecule has 2 amide bonds. The monoisotopic (exact) mass is 453 g/mol. The summed E-state index contributed by atoms with van der Waals surface area (Å²) >= 11 is 6.14. The van der Waals surface area contributed by atoms with Crippen molar-refractivity contribution in [1.82, 2.24) is 24.8 Å². The molecule has 8 nitrogen and oxygen atoms in total. The first-order valence-corrected chi connectivity index (χ1v) is 11.5. The van der Waals surface area contributed by atoms with Crippen LogP contribution in [0, 0.1) is 0 Å². The molecule has 2 fully saturated rings. The molecule has 0 aliphatic carbocycles. The van der Waals surface area contributed by atoms with E-state index in [0.717, 1.165) is 61.6 Å². The summed E-state index contributed by atoms with van der Waals surface area (Å²) in [5, 5.41) is 5.22.